The second kappa shape index (κ2) is 8.58. The Bertz CT molecular complexity index is 1130. The molecule has 0 bridgehead atoms. The number of alkyl halides is 3. The number of halogens is 4. The maximum atomic E-state index is 13.4. The number of aryl methyl sites for hydroxylation is 2. The summed E-state index contributed by atoms with van der Waals surface area (Å²) in [7, 11) is 1.45. The van der Waals surface area contributed by atoms with E-state index in [-0.39, 0.29) is 11.3 Å². The van der Waals surface area contributed by atoms with E-state index < -0.39 is 23.6 Å². The molecule has 3 aromatic rings. The fourth-order valence-corrected chi connectivity index (χ4v) is 2.78. The fourth-order valence-electron chi connectivity index (χ4n) is 2.78. The lowest BCUT2D eigenvalue weighted by Gasteiger charge is -2.16. The molecule has 6 nitrogen and oxygen atoms in total. The Labute approximate surface area is 175 Å². The van der Waals surface area contributed by atoms with Gasteiger partial charge in [0.25, 0.3) is 5.91 Å². The topological polar surface area (TPSA) is 76.1 Å². The van der Waals surface area contributed by atoms with Gasteiger partial charge in [-0.3, -0.25) is 9.78 Å². The van der Waals surface area contributed by atoms with Crippen molar-refractivity contribution in [2.75, 3.05) is 17.7 Å². The number of pyridine rings is 2. The molecule has 0 unspecified atom stereocenters. The van der Waals surface area contributed by atoms with Crippen molar-refractivity contribution in [1.29, 1.82) is 0 Å². The number of aromatic nitrogens is 2. The normalized spacial score (nSPS) is 11.2. The molecule has 0 saturated heterocycles. The predicted molar refractivity (Wildman–Crippen MR) is 107 cm³/mol. The van der Waals surface area contributed by atoms with E-state index in [1.807, 2.05) is 0 Å². The van der Waals surface area contributed by atoms with Crippen molar-refractivity contribution >= 4 is 23.0 Å². The Morgan fingerprint density at radius 3 is 2.35 bits per heavy atom. The molecular weight excluding hydrogens is 416 g/mol. The van der Waals surface area contributed by atoms with Crippen molar-refractivity contribution in [3.8, 4) is 5.88 Å². The van der Waals surface area contributed by atoms with Crippen molar-refractivity contribution in [3.63, 3.8) is 0 Å². The molecule has 0 aliphatic heterocycles. The molecular formula is C21H18F4N4O2. The van der Waals surface area contributed by atoms with Crippen molar-refractivity contribution in [1.82, 2.24) is 9.97 Å². The summed E-state index contributed by atoms with van der Waals surface area (Å²) < 4.78 is 57.9. The molecule has 1 amide bonds. The van der Waals surface area contributed by atoms with Crippen LogP contribution in [0.15, 0.2) is 42.6 Å². The van der Waals surface area contributed by atoms with Gasteiger partial charge in [-0.1, -0.05) is 0 Å². The average molecular weight is 434 g/mol. The number of nitrogens with one attached hydrogen (secondary N) is 2. The van der Waals surface area contributed by atoms with E-state index >= 15 is 0 Å². The van der Waals surface area contributed by atoms with Crippen LogP contribution in [0.2, 0.25) is 0 Å². The van der Waals surface area contributed by atoms with Gasteiger partial charge in [-0.05, 0) is 49.7 Å². The molecule has 2 heterocycles. The predicted octanol–water partition coefficient (Wildman–Crippen LogP) is 5.26. The van der Waals surface area contributed by atoms with E-state index in [4.69, 9.17) is 4.74 Å². The summed E-state index contributed by atoms with van der Waals surface area (Å²) in [6.07, 6.45) is -3.87. The number of methoxy groups -OCH3 is 1. The molecule has 0 atom stereocenters. The number of anilines is 3. The van der Waals surface area contributed by atoms with Crippen molar-refractivity contribution in [2.45, 2.75) is 20.0 Å². The number of nitrogens with zero attached hydrogens (tertiary/aromatic N) is 2. The summed E-state index contributed by atoms with van der Waals surface area (Å²) >= 11 is 0. The highest BCUT2D eigenvalue weighted by molar-refractivity contribution is 6.08. The minimum atomic E-state index is -4.71. The van der Waals surface area contributed by atoms with Crippen LogP contribution < -0.4 is 15.4 Å². The number of carbonyl (C=O) groups excluding carboxylic acids is 1. The maximum absolute atomic E-state index is 13.4. The van der Waals surface area contributed by atoms with Gasteiger partial charge in [0.05, 0.1) is 29.7 Å². The van der Waals surface area contributed by atoms with E-state index in [1.165, 1.54) is 25.3 Å². The van der Waals surface area contributed by atoms with Crippen LogP contribution in [-0.4, -0.2) is 23.0 Å². The Kier molecular flexibility index (Phi) is 6.09. The molecule has 2 N–H and O–H groups in total. The highest BCUT2D eigenvalue weighted by Gasteiger charge is 2.33. The summed E-state index contributed by atoms with van der Waals surface area (Å²) in [4.78, 5) is 20.4. The third-order valence-electron chi connectivity index (χ3n) is 4.41. The quantitative estimate of drug-likeness (QED) is 0.536. The molecule has 0 spiro atoms. The van der Waals surface area contributed by atoms with Crippen molar-refractivity contribution in [2.24, 2.45) is 0 Å². The smallest absolute Gasteiger partial charge is 0.433 e. The van der Waals surface area contributed by atoms with Gasteiger partial charge in [0.15, 0.2) is 0 Å². The fraction of sp³-hybridized carbons (Fsp3) is 0.190. The Morgan fingerprint density at radius 1 is 1.03 bits per heavy atom. The van der Waals surface area contributed by atoms with Crippen LogP contribution in [0.1, 0.15) is 27.3 Å². The summed E-state index contributed by atoms with van der Waals surface area (Å²) in [5.74, 6) is -0.839. The number of amides is 1. The van der Waals surface area contributed by atoms with Crippen molar-refractivity contribution in [3.05, 3.63) is 70.9 Å². The van der Waals surface area contributed by atoms with Crippen LogP contribution in [0.3, 0.4) is 0 Å². The lowest BCUT2D eigenvalue weighted by atomic mass is 10.1. The van der Waals surface area contributed by atoms with Gasteiger partial charge in [-0.25, -0.2) is 9.37 Å². The molecule has 31 heavy (non-hydrogen) atoms. The van der Waals surface area contributed by atoms with Gasteiger partial charge in [0, 0.05) is 18.0 Å². The zero-order valence-corrected chi connectivity index (χ0v) is 16.8. The number of hydrogen-bond acceptors (Lipinski definition) is 5. The van der Waals surface area contributed by atoms with Crippen LogP contribution in [-0.2, 0) is 6.18 Å². The monoisotopic (exact) mass is 434 g/mol. The summed E-state index contributed by atoms with van der Waals surface area (Å²) in [5, 5.41) is 5.38. The molecule has 1 aromatic carbocycles. The minimum absolute atomic E-state index is 0.131. The molecule has 0 saturated carbocycles. The zero-order chi connectivity index (χ0) is 22.8. The third-order valence-corrected chi connectivity index (χ3v) is 4.41. The van der Waals surface area contributed by atoms with Gasteiger partial charge in [0.1, 0.15) is 11.5 Å². The first kappa shape index (κ1) is 22.0. The van der Waals surface area contributed by atoms with Gasteiger partial charge in [-0.2, -0.15) is 13.2 Å². The van der Waals surface area contributed by atoms with E-state index in [9.17, 15) is 22.4 Å². The van der Waals surface area contributed by atoms with E-state index in [0.29, 0.717) is 28.5 Å². The molecule has 162 valence electrons. The second-order valence-electron chi connectivity index (χ2n) is 6.64. The largest absolute Gasteiger partial charge is 0.481 e. The summed E-state index contributed by atoms with van der Waals surface area (Å²) in [5.41, 5.74) is 0.171. The number of rotatable bonds is 5. The van der Waals surface area contributed by atoms with Gasteiger partial charge in [0.2, 0.25) is 5.88 Å². The molecule has 0 fully saturated rings. The standard InChI is InChI=1S/C21H18F4N4O2/c1-11-8-13(22)4-5-15(11)28-17-9-18(21(23,24)25)26-10-14(17)20(30)29-16-6-7-19(31-3)27-12(16)2/h4-10H,1-3H3,(H,26,28)(H,29,30). The number of ether oxygens (including phenoxy) is 1. The number of hydrogen-bond donors (Lipinski definition) is 2. The lowest BCUT2D eigenvalue weighted by molar-refractivity contribution is -0.141. The van der Waals surface area contributed by atoms with Gasteiger partial charge < -0.3 is 15.4 Å². The summed E-state index contributed by atoms with van der Waals surface area (Å²) in [6, 6.07) is 7.59. The maximum Gasteiger partial charge on any atom is 0.433 e. The highest BCUT2D eigenvalue weighted by atomic mass is 19.4. The summed E-state index contributed by atoms with van der Waals surface area (Å²) in [6.45, 7) is 3.23. The average Bonchev–Trinajstić information content (AvgIpc) is 2.70. The minimum Gasteiger partial charge on any atom is -0.481 e. The molecule has 0 aliphatic carbocycles. The first-order valence-corrected chi connectivity index (χ1v) is 9.02. The SMILES string of the molecule is COc1ccc(NC(=O)c2cnc(C(F)(F)F)cc2Nc2ccc(F)cc2C)c(C)n1. The number of benzene rings is 1. The van der Waals surface area contributed by atoms with Crippen molar-refractivity contribution < 1.29 is 27.1 Å². The highest BCUT2D eigenvalue weighted by Crippen LogP contribution is 2.32. The van der Waals surface area contributed by atoms with E-state index in [1.54, 1.807) is 19.9 Å². The molecule has 3 rings (SSSR count). The first-order chi connectivity index (χ1) is 14.6. The van der Waals surface area contributed by atoms with Crippen LogP contribution in [0, 0.1) is 19.7 Å². The first-order valence-electron chi connectivity index (χ1n) is 9.02. The molecule has 10 heteroatoms. The van der Waals surface area contributed by atoms with Crippen LogP contribution >= 0.6 is 0 Å². The van der Waals surface area contributed by atoms with Crippen LogP contribution in [0.4, 0.5) is 34.6 Å². The Balaban J connectivity index is 1.99. The van der Waals surface area contributed by atoms with Gasteiger partial charge >= 0.3 is 6.18 Å². The van der Waals surface area contributed by atoms with E-state index in [2.05, 4.69) is 20.6 Å². The molecule has 0 aliphatic rings. The Morgan fingerprint density at radius 2 is 1.74 bits per heavy atom. The van der Waals surface area contributed by atoms with Crippen LogP contribution in [0.5, 0.6) is 5.88 Å². The second-order valence-corrected chi connectivity index (χ2v) is 6.64. The van der Waals surface area contributed by atoms with Gasteiger partial charge in [-0.15, -0.1) is 0 Å². The lowest BCUT2D eigenvalue weighted by Crippen LogP contribution is -2.17. The Hall–Kier alpha value is -3.69. The molecule has 2 aromatic heterocycles. The van der Waals surface area contributed by atoms with E-state index in [0.717, 1.165) is 18.3 Å². The molecule has 0 radical (unpaired) electrons. The number of carbonyl (C=O) groups is 1. The van der Waals surface area contributed by atoms with Crippen LogP contribution in [0.25, 0.3) is 0 Å². The zero-order valence-electron chi connectivity index (χ0n) is 16.8. The third kappa shape index (κ3) is 5.08.